The zero-order chi connectivity index (χ0) is 24.2. The fourth-order valence-corrected chi connectivity index (χ4v) is 3.63. The molecule has 33 heavy (non-hydrogen) atoms. The fourth-order valence-electron chi connectivity index (χ4n) is 2.54. The molecule has 0 bridgehead atoms. The van der Waals surface area contributed by atoms with Crippen molar-refractivity contribution in [3.05, 3.63) is 83.4 Å². The summed E-state index contributed by atoms with van der Waals surface area (Å²) in [7, 11) is -4.31. The van der Waals surface area contributed by atoms with Crippen LogP contribution in [0.25, 0.3) is 0 Å². The highest BCUT2D eigenvalue weighted by Gasteiger charge is 2.30. The van der Waals surface area contributed by atoms with E-state index in [2.05, 4.69) is 20.8 Å². The molecular weight excluding hydrogens is 463 g/mol. The Morgan fingerprint density at radius 1 is 0.909 bits per heavy atom. The number of aromatic nitrogens is 2. The number of hydrogen-bond acceptors (Lipinski definition) is 6. The number of carbonyl (C=O) groups excluding carboxylic acids is 2. The summed E-state index contributed by atoms with van der Waals surface area (Å²) in [4.78, 5) is 31.7. The molecule has 3 rings (SSSR count). The average Bonchev–Trinajstić information content (AvgIpc) is 2.77. The third-order valence-corrected chi connectivity index (χ3v) is 5.53. The van der Waals surface area contributed by atoms with Crippen molar-refractivity contribution in [1.29, 1.82) is 0 Å². The molecule has 0 aliphatic carbocycles. The maximum atomic E-state index is 12.9. The number of nitrogens with zero attached hydrogens (tertiary/aromatic N) is 2. The summed E-state index contributed by atoms with van der Waals surface area (Å²) in [5, 5.41) is 0. The van der Waals surface area contributed by atoms with Crippen LogP contribution in [-0.2, 0) is 16.2 Å². The third kappa shape index (κ3) is 6.04. The summed E-state index contributed by atoms with van der Waals surface area (Å²) in [6.45, 7) is 1.68. The zero-order valence-electron chi connectivity index (χ0n) is 16.8. The number of hydrazine groups is 1. The topological polar surface area (TPSA) is 130 Å². The van der Waals surface area contributed by atoms with Gasteiger partial charge in [0.1, 0.15) is 5.69 Å². The van der Waals surface area contributed by atoms with E-state index in [1.54, 1.807) is 6.92 Å². The number of rotatable bonds is 5. The van der Waals surface area contributed by atoms with Crippen LogP contribution in [-0.4, -0.2) is 30.2 Å². The van der Waals surface area contributed by atoms with Crippen molar-refractivity contribution >= 4 is 27.5 Å². The highest BCUT2D eigenvalue weighted by atomic mass is 32.2. The lowest BCUT2D eigenvalue weighted by Crippen LogP contribution is -2.42. The summed E-state index contributed by atoms with van der Waals surface area (Å²) in [6, 6.07) is 8.39. The van der Waals surface area contributed by atoms with Crippen LogP contribution in [0.2, 0.25) is 0 Å². The molecule has 0 aliphatic heterocycles. The standard InChI is InChI=1S/C20H16F3N5O4S/c1-12-10-25-17(11-24-12)19(30)27-26-18(29)13-4-2-7-16(8-13)33(31,32)28-15-6-3-5-14(9-15)20(21,22)23/h2-11,28H,1H3,(H,26,29)(H,27,30). The van der Waals surface area contributed by atoms with E-state index in [-0.39, 0.29) is 21.8 Å². The maximum Gasteiger partial charge on any atom is 0.416 e. The Labute approximate surface area is 186 Å². The van der Waals surface area contributed by atoms with Gasteiger partial charge in [0, 0.05) is 17.4 Å². The number of alkyl halides is 3. The minimum absolute atomic E-state index is 0.0532. The molecule has 2 amide bonds. The summed E-state index contributed by atoms with van der Waals surface area (Å²) in [5.74, 6) is -1.58. The van der Waals surface area contributed by atoms with Gasteiger partial charge in [-0.25, -0.2) is 13.4 Å². The molecule has 1 heterocycles. The van der Waals surface area contributed by atoms with Gasteiger partial charge in [0.05, 0.1) is 22.3 Å². The molecule has 0 aliphatic rings. The maximum absolute atomic E-state index is 12.9. The molecular formula is C20H16F3N5O4S. The largest absolute Gasteiger partial charge is 0.416 e. The third-order valence-electron chi connectivity index (χ3n) is 4.15. The number of anilines is 1. The second-order valence-corrected chi connectivity index (χ2v) is 8.35. The van der Waals surface area contributed by atoms with Crippen LogP contribution in [0.5, 0.6) is 0 Å². The quantitative estimate of drug-likeness (QED) is 0.483. The first-order valence-electron chi connectivity index (χ1n) is 9.15. The van der Waals surface area contributed by atoms with E-state index in [9.17, 15) is 31.2 Å². The number of halogens is 3. The van der Waals surface area contributed by atoms with Crippen LogP contribution >= 0.6 is 0 Å². The van der Waals surface area contributed by atoms with Crippen LogP contribution in [0.3, 0.4) is 0 Å². The lowest BCUT2D eigenvalue weighted by molar-refractivity contribution is -0.137. The van der Waals surface area contributed by atoms with Gasteiger partial charge in [-0.05, 0) is 43.3 Å². The van der Waals surface area contributed by atoms with Gasteiger partial charge in [0.25, 0.3) is 21.8 Å². The van der Waals surface area contributed by atoms with Crippen molar-refractivity contribution in [2.75, 3.05) is 4.72 Å². The normalized spacial score (nSPS) is 11.5. The van der Waals surface area contributed by atoms with Gasteiger partial charge in [-0.2, -0.15) is 13.2 Å². The monoisotopic (exact) mass is 479 g/mol. The number of carbonyl (C=O) groups is 2. The summed E-state index contributed by atoms with van der Waals surface area (Å²) >= 11 is 0. The number of aryl methyl sites for hydroxylation is 1. The first-order valence-corrected chi connectivity index (χ1v) is 10.6. The molecule has 172 valence electrons. The van der Waals surface area contributed by atoms with Crippen LogP contribution < -0.4 is 15.6 Å². The van der Waals surface area contributed by atoms with Gasteiger partial charge in [-0.15, -0.1) is 0 Å². The molecule has 0 saturated carbocycles. The van der Waals surface area contributed by atoms with Crippen molar-refractivity contribution < 1.29 is 31.2 Å². The first kappa shape index (κ1) is 23.7. The SMILES string of the molecule is Cc1cnc(C(=O)NNC(=O)c2cccc(S(=O)(=O)Nc3cccc(C(F)(F)F)c3)c2)cn1. The van der Waals surface area contributed by atoms with Crippen LogP contribution in [0.1, 0.15) is 32.1 Å². The fraction of sp³-hybridized carbons (Fsp3) is 0.100. The molecule has 0 spiro atoms. The Balaban J connectivity index is 1.72. The molecule has 1 aromatic heterocycles. The van der Waals surface area contributed by atoms with E-state index >= 15 is 0 Å². The Hall–Kier alpha value is -4.00. The van der Waals surface area contributed by atoms with Crippen molar-refractivity contribution in [3.8, 4) is 0 Å². The van der Waals surface area contributed by atoms with Gasteiger partial charge in [0.15, 0.2) is 0 Å². The Morgan fingerprint density at radius 3 is 2.27 bits per heavy atom. The van der Waals surface area contributed by atoms with Crippen LogP contribution in [0.4, 0.5) is 18.9 Å². The van der Waals surface area contributed by atoms with Gasteiger partial charge in [-0.3, -0.25) is 30.1 Å². The van der Waals surface area contributed by atoms with Crippen molar-refractivity contribution in [3.63, 3.8) is 0 Å². The van der Waals surface area contributed by atoms with Gasteiger partial charge in [-0.1, -0.05) is 12.1 Å². The predicted molar refractivity (Wildman–Crippen MR) is 110 cm³/mol. The molecule has 13 heteroatoms. The molecule has 0 radical (unpaired) electrons. The molecule has 2 aromatic carbocycles. The van der Waals surface area contributed by atoms with E-state index in [0.717, 1.165) is 30.3 Å². The lowest BCUT2D eigenvalue weighted by Gasteiger charge is -2.12. The smallest absolute Gasteiger partial charge is 0.280 e. The Morgan fingerprint density at radius 2 is 1.61 bits per heavy atom. The number of hydrogen-bond donors (Lipinski definition) is 3. The van der Waals surface area contributed by atoms with Crippen molar-refractivity contribution in [1.82, 2.24) is 20.8 Å². The van der Waals surface area contributed by atoms with E-state index in [4.69, 9.17) is 0 Å². The number of nitrogens with one attached hydrogen (secondary N) is 3. The van der Waals surface area contributed by atoms with Crippen molar-refractivity contribution in [2.24, 2.45) is 0 Å². The Bertz CT molecular complexity index is 1300. The summed E-state index contributed by atoms with van der Waals surface area (Å²) in [5.41, 5.74) is 3.33. The summed E-state index contributed by atoms with van der Waals surface area (Å²) in [6.07, 6.45) is -2.07. The van der Waals surface area contributed by atoms with Gasteiger partial charge >= 0.3 is 6.18 Å². The van der Waals surface area contributed by atoms with Gasteiger partial charge < -0.3 is 0 Å². The van der Waals surface area contributed by atoms with E-state index in [1.165, 1.54) is 24.5 Å². The predicted octanol–water partition coefficient (Wildman–Crippen LogP) is 2.68. The van der Waals surface area contributed by atoms with E-state index in [1.807, 2.05) is 4.72 Å². The molecule has 0 unspecified atom stereocenters. The minimum atomic E-state index is -4.64. The average molecular weight is 479 g/mol. The van der Waals surface area contributed by atoms with Gasteiger partial charge in [0.2, 0.25) is 0 Å². The number of benzene rings is 2. The van der Waals surface area contributed by atoms with E-state index < -0.39 is 33.6 Å². The minimum Gasteiger partial charge on any atom is -0.280 e. The Kier molecular flexibility index (Phi) is 6.62. The molecule has 9 nitrogen and oxygen atoms in total. The number of sulfonamides is 1. The number of amides is 2. The molecule has 3 N–H and O–H groups in total. The molecule has 0 fully saturated rings. The van der Waals surface area contributed by atoms with E-state index in [0.29, 0.717) is 11.8 Å². The zero-order valence-corrected chi connectivity index (χ0v) is 17.7. The highest BCUT2D eigenvalue weighted by Crippen LogP contribution is 2.31. The van der Waals surface area contributed by atoms with Crippen LogP contribution in [0.15, 0.2) is 65.8 Å². The first-order chi connectivity index (χ1) is 15.5. The lowest BCUT2D eigenvalue weighted by atomic mass is 10.2. The molecule has 3 aromatic rings. The summed E-state index contributed by atoms with van der Waals surface area (Å²) < 4.78 is 65.8. The second-order valence-electron chi connectivity index (χ2n) is 6.66. The second kappa shape index (κ2) is 9.24. The highest BCUT2D eigenvalue weighted by molar-refractivity contribution is 7.92. The van der Waals surface area contributed by atoms with Crippen molar-refractivity contribution in [2.45, 2.75) is 18.0 Å². The molecule has 0 saturated heterocycles. The molecule has 0 atom stereocenters. The van der Waals surface area contributed by atoms with Crippen LogP contribution in [0, 0.1) is 6.92 Å².